The molecule has 0 saturated carbocycles. The molecule has 1 heterocycles. The highest BCUT2D eigenvalue weighted by Gasteiger charge is 2.19. The molecule has 30 heavy (non-hydrogen) atoms. The molecule has 5 nitrogen and oxygen atoms in total. The van der Waals surface area contributed by atoms with Gasteiger partial charge in [0.25, 0.3) is 5.91 Å². The molecule has 2 aromatic carbocycles. The summed E-state index contributed by atoms with van der Waals surface area (Å²) in [4.78, 5) is 25.9. The van der Waals surface area contributed by atoms with Crippen LogP contribution in [0.1, 0.15) is 22.1 Å². The quantitative estimate of drug-likeness (QED) is 0.522. The van der Waals surface area contributed by atoms with E-state index in [1.807, 2.05) is 47.8 Å². The molecule has 1 fully saturated rings. The number of halogens is 1. The van der Waals surface area contributed by atoms with Gasteiger partial charge in [-0.25, -0.2) is 0 Å². The third kappa shape index (κ3) is 6.86. The second-order valence-electron chi connectivity index (χ2n) is 6.74. The monoisotopic (exact) mass is 465 g/mol. The normalized spacial score (nSPS) is 14.2. The van der Waals surface area contributed by atoms with Crippen LogP contribution in [0.25, 0.3) is 0 Å². The van der Waals surface area contributed by atoms with Crippen molar-refractivity contribution in [2.45, 2.75) is 17.5 Å². The smallest absolute Gasteiger partial charge is 0.325 e. The second-order valence-corrected chi connectivity index (χ2v) is 9.90. The maximum atomic E-state index is 12.7. The third-order valence-corrected chi connectivity index (χ3v) is 7.80. The number of amides is 1. The molecule has 1 saturated heterocycles. The Balaban J connectivity index is 1.58. The van der Waals surface area contributed by atoms with E-state index in [1.165, 1.54) is 35.5 Å². The first kappa shape index (κ1) is 22.8. The van der Waals surface area contributed by atoms with Crippen LogP contribution in [0.15, 0.2) is 48.5 Å². The molecule has 0 radical (unpaired) electrons. The molecule has 160 valence electrons. The fourth-order valence-electron chi connectivity index (χ4n) is 2.90. The van der Waals surface area contributed by atoms with Crippen molar-refractivity contribution in [1.29, 1.82) is 0 Å². The van der Waals surface area contributed by atoms with E-state index in [0.29, 0.717) is 15.4 Å². The van der Waals surface area contributed by atoms with Gasteiger partial charge in [0.05, 0.1) is 11.7 Å². The van der Waals surface area contributed by atoms with Crippen LogP contribution in [-0.4, -0.2) is 48.5 Å². The molecule has 0 aromatic heterocycles. The zero-order chi connectivity index (χ0) is 21.3. The standard InChI is InChI=1S/C22H24ClNO4S2/c1-27-21(26)14-24(13-16-3-7-18(23)8-4-16)20(25)15-28-19-9-5-17(6-10-19)22-29-11-2-12-30-22/h3-10,22H,2,11-15H2,1H3. The highest BCUT2D eigenvalue weighted by molar-refractivity contribution is 8.16. The Morgan fingerprint density at radius 2 is 1.73 bits per heavy atom. The average molecular weight is 466 g/mol. The molecule has 3 rings (SSSR count). The Hall–Kier alpha value is -1.83. The van der Waals surface area contributed by atoms with Crippen molar-refractivity contribution in [2.24, 2.45) is 0 Å². The first-order valence-electron chi connectivity index (χ1n) is 9.60. The summed E-state index contributed by atoms with van der Waals surface area (Å²) in [6, 6.07) is 15.0. The summed E-state index contributed by atoms with van der Waals surface area (Å²) in [6.45, 7) is -0.0310. The van der Waals surface area contributed by atoms with Crippen molar-refractivity contribution < 1.29 is 19.1 Å². The van der Waals surface area contributed by atoms with Crippen LogP contribution in [0, 0.1) is 0 Å². The topological polar surface area (TPSA) is 55.8 Å². The maximum absolute atomic E-state index is 12.7. The van der Waals surface area contributed by atoms with Crippen molar-refractivity contribution in [3.63, 3.8) is 0 Å². The molecule has 1 aliphatic heterocycles. The third-order valence-electron chi connectivity index (χ3n) is 4.53. The molecule has 0 atom stereocenters. The van der Waals surface area contributed by atoms with E-state index in [9.17, 15) is 9.59 Å². The summed E-state index contributed by atoms with van der Waals surface area (Å²) >= 11 is 9.84. The van der Waals surface area contributed by atoms with Gasteiger partial charge in [-0.2, -0.15) is 0 Å². The van der Waals surface area contributed by atoms with Crippen LogP contribution in [0.4, 0.5) is 0 Å². The lowest BCUT2D eigenvalue weighted by molar-refractivity contribution is -0.148. The number of hydrogen-bond acceptors (Lipinski definition) is 6. The molecule has 1 aliphatic rings. The number of ether oxygens (including phenoxy) is 2. The molecular weight excluding hydrogens is 442 g/mol. The van der Waals surface area contributed by atoms with Gasteiger partial charge in [0.15, 0.2) is 6.61 Å². The lowest BCUT2D eigenvalue weighted by atomic mass is 10.2. The van der Waals surface area contributed by atoms with E-state index in [2.05, 4.69) is 12.1 Å². The molecule has 0 bridgehead atoms. The SMILES string of the molecule is COC(=O)CN(Cc1ccc(Cl)cc1)C(=O)COc1ccc(C2SCCCS2)cc1. The highest BCUT2D eigenvalue weighted by atomic mass is 35.5. The van der Waals surface area contributed by atoms with Crippen LogP contribution in [0.2, 0.25) is 5.02 Å². The van der Waals surface area contributed by atoms with Crippen LogP contribution >= 0.6 is 35.1 Å². The van der Waals surface area contributed by atoms with Crippen molar-refractivity contribution in [1.82, 2.24) is 4.90 Å². The molecule has 2 aromatic rings. The summed E-state index contributed by atoms with van der Waals surface area (Å²) in [5.74, 6) is 2.23. The van der Waals surface area contributed by atoms with Crippen molar-refractivity contribution in [2.75, 3.05) is 31.8 Å². The van der Waals surface area contributed by atoms with E-state index in [0.717, 1.165) is 5.56 Å². The Morgan fingerprint density at radius 3 is 2.37 bits per heavy atom. The summed E-state index contributed by atoms with van der Waals surface area (Å²) in [5, 5.41) is 0.612. The van der Waals surface area contributed by atoms with Crippen LogP contribution in [0.5, 0.6) is 5.75 Å². The Bertz CT molecular complexity index is 839. The lowest BCUT2D eigenvalue weighted by Crippen LogP contribution is -2.38. The number of carbonyl (C=O) groups is 2. The first-order chi connectivity index (χ1) is 14.5. The van der Waals surface area contributed by atoms with Crippen molar-refractivity contribution in [3.05, 3.63) is 64.7 Å². The predicted molar refractivity (Wildman–Crippen MR) is 123 cm³/mol. The van der Waals surface area contributed by atoms with Gasteiger partial charge in [-0.1, -0.05) is 35.9 Å². The number of hydrogen-bond donors (Lipinski definition) is 0. The fraction of sp³-hybridized carbons (Fsp3) is 0.364. The number of benzene rings is 2. The number of esters is 1. The molecule has 0 aliphatic carbocycles. The van der Waals surface area contributed by atoms with E-state index < -0.39 is 5.97 Å². The predicted octanol–water partition coefficient (Wildman–Crippen LogP) is 4.79. The zero-order valence-corrected chi connectivity index (χ0v) is 19.1. The largest absolute Gasteiger partial charge is 0.484 e. The maximum Gasteiger partial charge on any atom is 0.325 e. The van der Waals surface area contributed by atoms with E-state index in [-0.39, 0.29) is 25.6 Å². The molecule has 0 spiro atoms. The molecule has 8 heteroatoms. The van der Waals surface area contributed by atoms with Crippen molar-refractivity contribution in [3.8, 4) is 5.75 Å². The Kier molecular flexibility index (Phi) is 8.78. The molecule has 0 unspecified atom stereocenters. The van der Waals surface area contributed by atoms with Crippen LogP contribution in [0.3, 0.4) is 0 Å². The van der Waals surface area contributed by atoms with Gasteiger partial charge in [-0.3, -0.25) is 9.59 Å². The van der Waals surface area contributed by atoms with Crippen molar-refractivity contribution >= 4 is 47.0 Å². The number of carbonyl (C=O) groups excluding carboxylic acids is 2. The van der Waals surface area contributed by atoms with Gasteiger partial charge in [0, 0.05) is 11.6 Å². The summed E-state index contributed by atoms with van der Waals surface area (Å²) in [5.41, 5.74) is 2.13. The van der Waals surface area contributed by atoms with Gasteiger partial charge in [-0.05, 0) is 53.3 Å². The summed E-state index contributed by atoms with van der Waals surface area (Å²) < 4.78 is 10.9. The molecule has 1 amide bonds. The first-order valence-corrected chi connectivity index (χ1v) is 12.1. The number of methoxy groups -OCH3 is 1. The minimum absolute atomic E-state index is 0.142. The van der Waals surface area contributed by atoms with E-state index in [1.54, 1.807) is 12.1 Å². The van der Waals surface area contributed by atoms with Gasteiger partial charge in [-0.15, -0.1) is 23.5 Å². The van der Waals surface area contributed by atoms with E-state index >= 15 is 0 Å². The van der Waals surface area contributed by atoms with Gasteiger partial charge >= 0.3 is 5.97 Å². The Morgan fingerprint density at radius 1 is 1.07 bits per heavy atom. The minimum Gasteiger partial charge on any atom is -0.484 e. The average Bonchev–Trinajstić information content (AvgIpc) is 2.79. The summed E-state index contributed by atoms with van der Waals surface area (Å²) in [7, 11) is 1.30. The number of thioether (sulfide) groups is 2. The number of nitrogens with zero attached hydrogens (tertiary/aromatic N) is 1. The van der Waals surface area contributed by atoms with Gasteiger partial charge in [0.2, 0.25) is 0 Å². The second kappa shape index (κ2) is 11.5. The Labute approximate surface area is 190 Å². The molecular formula is C22H24ClNO4S2. The van der Waals surface area contributed by atoms with Gasteiger partial charge in [0.1, 0.15) is 12.3 Å². The number of rotatable bonds is 8. The lowest BCUT2D eigenvalue weighted by Gasteiger charge is -2.22. The highest BCUT2D eigenvalue weighted by Crippen LogP contribution is 2.43. The van der Waals surface area contributed by atoms with Gasteiger partial charge < -0.3 is 14.4 Å². The summed E-state index contributed by atoms with van der Waals surface area (Å²) in [6.07, 6.45) is 1.26. The minimum atomic E-state index is -0.482. The van der Waals surface area contributed by atoms with Crippen LogP contribution < -0.4 is 4.74 Å². The van der Waals surface area contributed by atoms with E-state index in [4.69, 9.17) is 21.1 Å². The zero-order valence-electron chi connectivity index (χ0n) is 16.7. The van der Waals surface area contributed by atoms with Crippen LogP contribution in [-0.2, 0) is 20.9 Å². The fourth-order valence-corrected chi connectivity index (χ4v) is 5.92. The molecule has 0 N–H and O–H groups in total.